The average molecular weight is 383 g/mol. The Morgan fingerprint density at radius 3 is 2.58 bits per heavy atom. The first-order chi connectivity index (χ1) is 12.0. The van der Waals surface area contributed by atoms with Crippen LogP contribution in [0.2, 0.25) is 0 Å². The largest absolute Gasteiger partial charge is 0.337 e. The summed E-state index contributed by atoms with van der Waals surface area (Å²) < 4.78 is 28.4. The summed E-state index contributed by atoms with van der Waals surface area (Å²) in [6.45, 7) is 1.26. The van der Waals surface area contributed by atoms with E-state index in [0.29, 0.717) is 24.5 Å². The van der Waals surface area contributed by atoms with Crippen LogP contribution in [-0.2, 0) is 12.8 Å². The van der Waals surface area contributed by atoms with E-state index in [1.54, 1.807) is 9.58 Å². The van der Waals surface area contributed by atoms with Crippen molar-refractivity contribution in [2.45, 2.75) is 38.1 Å². The summed E-state index contributed by atoms with van der Waals surface area (Å²) in [7, 11) is 0. The molecule has 2 aromatic rings. The van der Waals surface area contributed by atoms with Gasteiger partial charge >= 0.3 is 0 Å². The number of fused-ring (bicyclic) bond motifs is 1. The zero-order chi connectivity index (χ0) is 17.6. The highest BCUT2D eigenvalue weighted by atomic mass is 35.5. The Morgan fingerprint density at radius 2 is 1.88 bits per heavy atom. The van der Waals surface area contributed by atoms with Gasteiger partial charge in [0.1, 0.15) is 0 Å². The van der Waals surface area contributed by atoms with Crippen LogP contribution in [0.5, 0.6) is 0 Å². The number of aromatic nitrogens is 2. The van der Waals surface area contributed by atoms with Gasteiger partial charge in [-0.15, -0.1) is 12.4 Å². The number of nitrogens with two attached hydrogens (primary N) is 1. The van der Waals surface area contributed by atoms with Gasteiger partial charge in [-0.3, -0.25) is 4.79 Å². The molecule has 2 aliphatic rings. The monoisotopic (exact) mass is 382 g/mol. The molecule has 1 aromatic heterocycles. The van der Waals surface area contributed by atoms with Crippen molar-refractivity contribution in [3.8, 4) is 5.69 Å². The number of hydrogen-bond acceptors (Lipinski definition) is 3. The molecule has 1 aromatic carbocycles. The van der Waals surface area contributed by atoms with E-state index >= 15 is 0 Å². The van der Waals surface area contributed by atoms with Crippen molar-refractivity contribution < 1.29 is 13.6 Å². The molecule has 0 bridgehead atoms. The molecule has 0 saturated carbocycles. The third-order valence-corrected chi connectivity index (χ3v) is 5.11. The molecule has 5 nitrogen and oxygen atoms in total. The summed E-state index contributed by atoms with van der Waals surface area (Å²) in [6.07, 6.45) is 4.07. The van der Waals surface area contributed by atoms with Crippen LogP contribution in [0.25, 0.3) is 5.69 Å². The van der Waals surface area contributed by atoms with Gasteiger partial charge in [0.25, 0.3) is 5.91 Å². The molecule has 1 saturated heterocycles. The number of hydrogen-bond donors (Lipinski definition) is 1. The molecule has 0 atom stereocenters. The molecule has 0 unspecified atom stereocenters. The van der Waals surface area contributed by atoms with E-state index < -0.39 is 11.6 Å². The number of benzene rings is 1. The maximum atomic E-state index is 13.6. The molecule has 0 spiro atoms. The third-order valence-electron chi connectivity index (χ3n) is 5.11. The summed E-state index contributed by atoms with van der Waals surface area (Å²) in [5.41, 5.74) is 8.64. The molecule has 1 amide bonds. The quantitative estimate of drug-likeness (QED) is 0.868. The molecule has 2 heterocycles. The van der Waals surface area contributed by atoms with Crippen molar-refractivity contribution in [1.29, 1.82) is 0 Å². The van der Waals surface area contributed by atoms with E-state index in [4.69, 9.17) is 5.73 Å². The number of carbonyl (C=O) groups is 1. The number of carbonyl (C=O) groups excluding carboxylic acids is 1. The van der Waals surface area contributed by atoms with Gasteiger partial charge < -0.3 is 10.6 Å². The van der Waals surface area contributed by atoms with Crippen LogP contribution in [0.4, 0.5) is 8.78 Å². The fourth-order valence-electron chi connectivity index (χ4n) is 3.69. The van der Waals surface area contributed by atoms with E-state index in [1.807, 2.05) is 0 Å². The minimum Gasteiger partial charge on any atom is -0.337 e. The lowest BCUT2D eigenvalue weighted by Gasteiger charge is -2.29. The van der Waals surface area contributed by atoms with Gasteiger partial charge in [-0.05, 0) is 44.2 Å². The van der Waals surface area contributed by atoms with E-state index in [2.05, 4.69) is 5.10 Å². The zero-order valence-corrected chi connectivity index (χ0v) is 15.1. The van der Waals surface area contributed by atoms with E-state index in [9.17, 15) is 13.6 Å². The second kappa shape index (κ2) is 7.32. The number of piperidine rings is 1. The first kappa shape index (κ1) is 18.8. The van der Waals surface area contributed by atoms with Gasteiger partial charge in [0.2, 0.25) is 0 Å². The number of halogens is 3. The average Bonchev–Trinajstić information content (AvgIpc) is 3.20. The van der Waals surface area contributed by atoms with Gasteiger partial charge in [-0.1, -0.05) is 0 Å². The SMILES string of the molecule is Cl.NC1CCN(C(=O)c2nn(-c3ccc(F)c(F)c3)c3c2CCC3)CC1. The fraction of sp³-hybridized carbons (Fsp3) is 0.444. The Kier molecular flexibility index (Phi) is 5.29. The normalized spacial score (nSPS) is 17.1. The Bertz CT molecular complexity index is 831. The molecule has 1 fully saturated rings. The topological polar surface area (TPSA) is 64.2 Å². The molecule has 0 radical (unpaired) electrons. The van der Waals surface area contributed by atoms with Crippen LogP contribution in [0.3, 0.4) is 0 Å². The molecule has 2 N–H and O–H groups in total. The second-order valence-corrected chi connectivity index (χ2v) is 6.77. The number of amides is 1. The van der Waals surface area contributed by atoms with Crippen molar-refractivity contribution in [2.24, 2.45) is 5.73 Å². The molecule has 8 heteroatoms. The first-order valence-electron chi connectivity index (χ1n) is 8.65. The highest BCUT2D eigenvalue weighted by Gasteiger charge is 2.31. The molecular formula is C18H21ClF2N4O. The molecule has 140 valence electrons. The smallest absolute Gasteiger partial charge is 0.274 e. The summed E-state index contributed by atoms with van der Waals surface area (Å²) in [5.74, 6) is -1.91. The number of nitrogens with zero attached hydrogens (tertiary/aromatic N) is 3. The summed E-state index contributed by atoms with van der Waals surface area (Å²) in [4.78, 5) is 14.7. The number of likely N-dealkylation sites (tertiary alicyclic amines) is 1. The lowest BCUT2D eigenvalue weighted by molar-refractivity contribution is 0.0707. The predicted molar refractivity (Wildman–Crippen MR) is 95.9 cm³/mol. The highest BCUT2D eigenvalue weighted by molar-refractivity contribution is 5.94. The Hall–Kier alpha value is -1.99. The highest BCUT2D eigenvalue weighted by Crippen LogP contribution is 2.29. The molecule has 26 heavy (non-hydrogen) atoms. The van der Waals surface area contributed by atoms with E-state index in [-0.39, 0.29) is 24.4 Å². The van der Waals surface area contributed by atoms with Crippen molar-refractivity contribution >= 4 is 18.3 Å². The van der Waals surface area contributed by atoms with Gasteiger partial charge in [0.05, 0.1) is 5.69 Å². The lowest BCUT2D eigenvalue weighted by Crippen LogP contribution is -2.43. The fourth-order valence-corrected chi connectivity index (χ4v) is 3.69. The first-order valence-corrected chi connectivity index (χ1v) is 8.65. The maximum absolute atomic E-state index is 13.6. The van der Waals surface area contributed by atoms with Gasteiger partial charge in [0, 0.05) is 36.5 Å². The summed E-state index contributed by atoms with van der Waals surface area (Å²) >= 11 is 0. The minimum atomic E-state index is -0.919. The van der Waals surface area contributed by atoms with Gasteiger partial charge in [0.15, 0.2) is 17.3 Å². The second-order valence-electron chi connectivity index (χ2n) is 6.77. The summed E-state index contributed by atoms with van der Waals surface area (Å²) in [5, 5.41) is 4.47. The van der Waals surface area contributed by atoms with Crippen LogP contribution in [-0.4, -0.2) is 39.7 Å². The van der Waals surface area contributed by atoms with Crippen LogP contribution >= 0.6 is 12.4 Å². The Morgan fingerprint density at radius 1 is 1.15 bits per heavy atom. The summed E-state index contributed by atoms with van der Waals surface area (Å²) in [6, 6.07) is 3.84. The van der Waals surface area contributed by atoms with Crippen molar-refractivity contribution in [2.75, 3.05) is 13.1 Å². The van der Waals surface area contributed by atoms with E-state index in [1.165, 1.54) is 6.07 Å². The molecule has 4 rings (SSSR count). The van der Waals surface area contributed by atoms with Crippen LogP contribution in [0.1, 0.15) is 41.0 Å². The predicted octanol–water partition coefficient (Wildman–Crippen LogP) is 2.62. The number of rotatable bonds is 2. The zero-order valence-electron chi connectivity index (χ0n) is 14.3. The minimum absolute atomic E-state index is 0. The van der Waals surface area contributed by atoms with Gasteiger partial charge in [-0.2, -0.15) is 5.10 Å². The molecule has 1 aliphatic heterocycles. The Labute approximate surface area is 156 Å². The lowest BCUT2D eigenvalue weighted by atomic mass is 10.1. The standard InChI is InChI=1S/C18H20F2N4O.ClH/c19-14-5-4-12(10-15(14)20)24-16-3-1-2-13(16)17(22-24)18(25)23-8-6-11(21)7-9-23;/h4-5,10-11H,1-3,6-9,21H2;1H. The molecule has 1 aliphatic carbocycles. The van der Waals surface area contributed by atoms with Crippen LogP contribution in [0.15, 0.2) is 18.2 Å². The van der Waals surface area contributed by atoms with Crippen molar-refractivity contribution in [3.63, 3.8) is 0 Å². The Balaban J connectivity index is 0.00000196. The van der Waals surface area contributed by atoms with E-state index in [0.717, 1.165) is 55.5 Å². The molecular weight excluding hydrogens is 362 g/mol. The van der Waals surface area contributed by atoms with Crippen molar-refractivity contribution in [3.05, 3.63) is 46.8 Å². The van der Waals surface area contributed by atoms with Crippen LogP contribution < -0.4 is 5.73 Å². The van der Waals surface area contributed by atoms with Crippen LogP contribution in [0, 0.1) is 11.6 Å². The van der Waals surface area contributed by atoms with Gasteiger partial charge in [-0.25, -0.2) is 13.5 Å². The van der Waals surface area contributed by atoms with Crippen molar-refractivity contribution in [1.82, 2.24) is 14.7 Å². The third kappa shape index (κ3) is 3.21. The maximum Gasteiger partial charge on any atom is 0.274 e.